The molecule has 0 amide bonds. The van der Waals surface area contributed by atoms with Crippen LogP contribution in [0.2, 0.25) is 0 Å². The number of anilines is 1. The van der Waals surface area contributed by atoms with Crippen molar-refractivity contribution < 1.29 is 13.9 Å². The summed E-state index contributed by atoms with van der Waals surface area (Å²) in [7, 11) is 0. The highest BCUT2D eigenvalue weighted by molar-refractivity contribution is 7.80. The molecule has 3 aromatic rings. The first kappa shape index (κ1) is 17.4. The molecule has 7 heteroatoms. The number of hydrogen-bond donors (Lipinski definition) is 2. The minimum atomic E-state index is -0.546. The summed E-state index contributed by atoms with van der Waals surface area (Å²) in [6.07, 6.45) is 3.03. The van der Waals surface area contributed by atoms with Crippen molar-refractivity contribution in [3.63, 3.8) is 0 Å². The summed E-state index contributed by atoms with van der Waals surface area (Å²) < 4.78 is 10.2. The summed E-state index contributed by atoms with van der Waals surface area (Å²) in [5.41, 5.74) is 4.43. The molecule has 0 saturated carbocycles. The van der Waals surface area contributed by atoms with Gasteiger partial charge >= 0.3 is 5.97 Å². The zero-order valence-electron chi connectivity index (χ0n) is 13.6. The minimum Gasteiger partial charge on any atom is -0.457 e. The van der Waals surface area contributed by atoms with Gasteiger partial charge in [-0.2, -0.15) is 5.10 Å². The first-order valence-electron chi connectivity index (χ1n) is 7.71. The fourth-order valence-corrected chi connectivity index (χ4v) is 2.19. The third-order valence-electron chi connectivity index (χ3n) is 3.22. The lowest BCUT2D eigenvalue weighted by molar-refractivity contribution is 0.0701. The Morgan fingerprint density at radius 3 is 2.50 bits per heavy atom. The van der Waals surface area contributed by atoms with Crippen molar-refractivity contribution in [3.05, 3.63) is 84.3 Å². The zero-order chi connectivity index (χ0) is 18.2. The molecular weight excluding hydrogens is 350 g/mol. The van der Waals surface area contributed by atoms with Gasteiger partial charge in [-0.15, -0.1) is 0 Å². The smallest absolute Gasteiger partial charge is 0.379 e. The molecule has 0 aliphatic carbocycles. The summed E-state index contributed by atoms with van der Waals surface area (Å²) >= 11 is 5.16. The second-order valence-corrected chi connectivity index (χ2v) is 5.53. The van der Waals surface area contributed by atoms with Gasteiger partial charge in [0.05, 0.1) is 12.5 Å². The van der Waals surface area contributed by atoms with Crippen LogP contribution in [0.1, 0.15) is 16.1 Å². The Bertz CT molecular complexity index is 892. The Balaban J connectivity index is 1.50. The van der Waals surface area contributed by atoms with E-state index in [1.165, 1.54) is 6.26 Å². The third kappa shape index (κ3) is 5.02. The molecule has 0 saturated heterocycles. The fourth-order valence-electron chi connectivity index (χ4n) is 2.02. The van der Waals surface area contributed by atoms with Crippen molar-refractivity contribution in [2.45, 2.75) is 0 Å². The van der Waals surface area contributed by atoms with E-state index < -0.39 is 5.97 Å². The summed E-state index contributed by atoms with van der Waals surface area (Å²) in [6.45, 7) is 0. The van der Waals surface area contributed by atoms with Gasteiger partial charge in [-0.3, -0.25) is 5.43 Å². The second-order valence-electron chi connectivity index (χ2n) is 5.13. The molecule has 26 heavy (non-hydrogen) atoms. The summed E-state index contributed by atoms with van der Waals surface area (Å²) in [6, 6.07) is 19.6. The van der Waals surface area contributed by atoms with Gasteiger partial charge in [0, 0.05) is 5.69 Å². The van der Waals surface area contributed by atoms with E-state index in [0.29, 0.717) is 10.9 Å². The highest BCUT2D eigenvalue weighted by atomic mass is 32.1. The minimum absolute atomic E-state index is 0.152. The molecule has 6 nitrogen and oxygen atoms in total. The molecule has 2 aromatic carbocycles. The van der Waals surface area contributed by atoms with Crippen LogP contribution in [-0.2, 0) is 0 Å². The van der Waals surface area contributed by atoms with Gasteiger partial charge < -0.3 is 14.5 Å². The predicted octanol–water partition coefficient (Wildman–Crippen LogP) is 3.82. The molecule has 0 radical (unpaired) electrons. The molecule has 2 N–H and O–H groups in total. The van der Waals surface area contributed by atoms with Crippen LogP contribution in [0.25, 0.3) is 0 Å². The van der Waals surface area contributed by atoms with Crippen molar-refractivity contribution >= 4 is 35.2 Å². The van der Waals surface area contributed by atoms with Gasteiger partial charge in [0.2, 0.25) is 5.76 Å². The first-order chi connectivity index (χ1) is 12.7. The van der Waals surface area contributed by atoms with Crippen LogP contribution in [0.5, 0.6) is 5.75 Å². The Labute approximate surface area is 155 Å². The predicted molar refractivity (Wildman–Crippen MR) is 104 cm³/mol. The maximum Gasteiger partial charge on any atom is 0.379 e. The number of carbonyl (C=O) groups excluding carboxylic acids is 1. The lowest BCUT2D eigenvalue weighted by Gasteiger charge is -2.06. The average molecular weight is 365 g/mol. The van der Waals surface area contributed by atoms with E-state index in [4.69, 9.17) is 21.4 Å². The number of para-hydroxylation sites is 1. The number of ether oxygens (including phenoxy) is 1. The number of furan rings is 1. The third-order valence-corrected chi connectivity index (χ3v) is 3.42. The van der Waals surface area contributed by atoms with Crippen molar-refractivity contribution in [1.82, 2.24) is 5.43 Å². The van der Waals surface area contributed by atoms with Crippen LogP contribution < -0.4 is 15.5 Å². The molecule has 0 fully saturated rings. The number of nitrogens with one attached hydrogen (secondary N) is 2. The Morgan fingerprint density at radius 2 is 1.81 bits per heavy atom. The van der Waals surface area contributed by atoms with Gasteiger partial charge in [0.1, 0.15) is 5.75 Å². The number of benzene rings is 2. The van der Waals surface area contributed by atoms with Crippen molar-refractivity contribution in [2.24, 2.45) is 5.10 Å². The molecule has 0 bridgehead atoms. The Kier molecular flexibility index (Phi) is 5.74. The number of hydrogen-bond acceptors (Lipinski definition) is 5. The second kappa shape index (κ2) is 8.59. The van der Waals surface area contributed by atoms with E-state index in [-0.39, 0.29) is 5.76 Å². The number of nitrogens with zero attached hydrogens (tertiary/aromatic N) is 1. The topological polar surface area (TPSA) is 75.9 Å². The van der Waals surface area contributed by atoms with Crippen LogP contribution in [0.15, 0.2) is 82.5 Å². The maximum absolute atomic E-state index is 11.8. The molecule has 3 rings (SSSR count). The molecule has 1 aromatic heterocycles. The van der Waals surface area contributed by atoms with Gasteiger partial charge in [0.25, 0.3) is 0 Å². The van der Waals surface area contributed by atoms with E-state index in [1.54, 1.807) is 42.6 Å². The van der Waals surface area contributed by atoms with Crippen LogP contribution in [-0.4, -0.2) is 17.3 Å². The molecular formula is C19H15N3O3S. The van der Waals surface area contributed by atoms with E-state index in [1.807, 2.05) is 30.3 Å². The lowest BCUT2D eigenvalue weighted by atomic mass is 10.2. The van der Waals surface area contributed by atoms with E-state index in [2.05, 4.69) is 15.8 Å². The van der Waals surface area contributed by atoms with Crippen LogP contribution in [0, 0.1) is 0 Å². The van der Waals surface area contributed by atoms with E-state index in [0.717, 1.165) is 11.3 Å². The van der Waals surface area contributed by atoms with Gasteiger partial charge in [-0.1, -0.05) is 18.2 Å². The molecule has 130 valence electrons. The van der Waals surface area contributed by atoms with Crippen LogP contribution in [0.3, 0.4) is 0 Å². The summed E-state index contributed by atoms with van der Waals surface area (Å²) in [5.74, 6) is 0.0208. The molecule has 0 atom stereocenters. The zero-order valence-corrected chi connectivity index (χ0v) is 14.4. The van der Waals surface area contributed by atoms with Crippen molar-refractivity contribution in [3.8, 4) is 5.75 Å². The lowest BCUT2D eigenvalue weighted by Crippen LogP contribution is -2.23. The van der Waals surface area contributed by atoms with E-state index in [9.17, 15) is 4.79 Å². The van der Waals surface area contributed by atoms with Crippen LogP contribution in [0.4, 0.5) is 5.69 Å². The molecule has 0 unspecified atom stereocenters. The molecule has 1 heterocycles. The van der Waals surface area contributed by atoms with Gasteiger partial charge in [0.15, 0.2) is 5.11 Å². The van der Waals surface area contributed by atoms with Gasteiger partial charge in [-0.25, -0.2) is 4.79 Å². The van der Waals surface area contributed by atoms with Gasteiger partial charge in [-0.05, 0) is 66.3 Å². The van der Waals surface area contributed by atoms with Crippen molar-refractivity contribution in [2.75, 3.05) is 5.32 Å². The molecule has 0 spiro atoms. The molecule has 0 aliphatic heterocycles. The largest absolute Gasteiger partial charge is 0.457 e. The highest BCUT2D eigenvalue weighted by Crippen LogP contribution is 2.14. The van der Waals surface area contributed by atoms with Crippen LogP contribution >= 0.6 is 12.2 Å². The van der Waals surface area contributed by atoms with E-state index >= 15 is 0 Å². The number of esters is 1. The Morgan fingerprint density at radius 1 is 1.04 bits per heavy atom. The maximum atomic E-state index is 11.8. The highest BCUT2D eigenvalue weighted by Gasteiger charge is 2.10. The summed E-state index contributed by atoms with van der Waals surface area (Å²) in [5, 5.41) is 7.47. The monoisotopic (exact) mass is 365 g/mol. The first-order valence-corrected chi connectivity index (χ1v) is 8.12. The molecule has 0 aliphatic rings. The normalized spacial score (nSPS) is 10.5. The number of hydrazone groups is 1. The SMILES string of the molecule is O=C(Oc1ccc(/C=N/NC(=S)Nc2ccccc2)cc1)c1ccco1. The fraction of sp³-hybridized carbons (Fsp3) is 0. The standard InChI is InChI=1S/C19H15N3O3S/c23-18(17-7-4-12-24-17)25-16-10-8-14(9-11-16)13-20-22-19(26)21-15-5-2-1-3-6-15/h1-13H,(H2,21,22,26)/b20-13+. The quantitative estimate of drug-likeness (QED) is 0.235. The number of carbonyl (C=O) groups is 1. The van der Waals surface area contributed by atoms with Crippen molar-refractivity contribution in [1.29, 1.82) is 0 Å². The average Bonchev–Trinajstić information content (AvgIpc) is 3.19. The Hall–Kier alpha value is -3.45. The number of rotatable bonds is 5. The number of thiocarbonyl (C=S) groups is 1. The summed E-state index contributed by atoms with van der Waals surface area (Å²) in [4.78, 5) is 11.8.